The van der Waals surface area contributed by atoms with E-state index in [0.717, 1.165) is 17.9 Å². The zero-order valence-corrected chi connectivity index (χ0v) is 8.94. The zero-order valence-electron chi connectivity index (χ0n) is 8.94. The van der Waals surface area contributed by atoms with Crippen molar-refractivity contribution in [3.63, 3.8) is 0 Å². The first-order chi connectivity index (χ1) is 7.35. The minimum absolute atomic E-state index is 0.154. The number of hydrazine groups is 1. The van der Waals surface area contributed by atoms with Crippen molar-refractivity contribution in [3.8, 4) is 5.88 Å². The lowest BCUT2D eigenvalue weighted by Gasteiger charge is -2.17. The first-order valence-electron chi connectivity index (χ1n) is 5.30. The van der Waals surface area contributed by atoms with Crippen LogP contribution in [0.4, 0.5) is 0 Å². The maximum atomic E-state index is 5.57. The standard InChI is InChI=1S/C11H17N3O/c1-15-11-9(3-2-6-13-11)10(14-12)7-8-4-5-8/h2-3,6,8,10,14H,4-5,7,12H2,1H3. The average Bonchev–Trinajstić information content (AvgIpc) is 3.10. The molecule has 0 aliphatic heterocycles. The second-order valence-electron chi connectivity index (χ2n) is 4.00. The van der Waals surface area contributed by atoms with Gasteiger partial charge in [-0.1, -0.05) is 18.9 Å². The molecule has 15 heavy (non-hydrogen) atoms. The number of nitrogens with one attached hydrogen (secondary N) is 1. The Labute approximate surface area is 89.8 Å². The number of ether oxygens (including phenoxy) is 1. The molecular formula is C11H17N3O. The number of methoxy groups -OCH3 is 1. The molecule has 1 aromatic rings. The minimum Gasteiger partial charge on any atom is -0.481 e. The van der Waals surface area contributed by atoms with Gasteiger partial charge in [-0.15, -0.1) is 0 Å². The molecular weight excluding hydrogens is 190 g/mol. The first-order valence-corrected chi connectivity index (χ1v) is 5.30. The summed E-state index contributed by atoms with van der Waals surface area (Å²) < 4.78 is 5.22. The van der Waals surface area contributed by atoms with Gasteiger partial charge >= 0.3 is 0 Å². The van der Waals surface area contributed by atoms with Crippen LogP contribution in [-0.4, -0.2) is 12.1 Å². The van der Waals surface area contributed by atoms with E-state index in [1.165, 1.54) is 12.8 Å². The van der Waals surface area contributed by atoms with E-state index in [0.29, 0.717) is 5.88 Å². The van der Waals surface area contributed by atoms with E-state index < -0.39 is 0 Å². The highest BCUT2D eigenvalue weighted by Gasteiger charge is 2.27. The molecule has 1 atom stereocenters. The summed E-state index contributed by atoms with van der Waals surface area (Å²) in [5.74, 6) is 7.05. The topological polar surface area (TPSA) is 60.2 Å². The molecule has 82 valence electrons. The minimum atomic E-state index is 0.154. The van der Waals surface area contributed by atoms with Gasteiger partial charge in [-0.25, -0.2) is 4.98 Å². The normalized spacial score (nSPS) is 17.5. The summed E-state index contributed by atoms with van der Waals surface area (Å²) in [7, 11) is 1.64. The molecule has 3 N–H and O–H groups in total. The van der Waals surface area contributed by atoms with E-state index in [1.807, 2.05) is 12.1 Å². The van der Waals surface area contributed by atoms with Crippen molar-refractivity contribution in [3.05, 3.63) is 23.9 Å². The van der Waals surface area contributed by atoms with Crippen LogP contribution in [0.2, 0.25) is 0 Å². The Bertz CT molecular complexity index is 325. The van der Waals surface area contributed by atoms with Crippen molar-refractivity contribution in [2.75, 3.05) is 7.11 Å². The molecule has 0 amide bonds. The summed E-state index contributed by atoms with van der Waals surface area (Å²) in [6, 6.07) is 4.08. The van der Waals surface area contributed by atoms with Crippen LogP contribution < -0.4 is 16.0 Å². The molecule has 1 aromatic heterocycles. The molecule has 1 saturated carbocycles. The van der Waals surface area contributed by atoms with Gasteiger partial charge in [-0.05, 0) is 18.4 Å². The van der Waals surface area contributed by atoms with E-state index in [1.54, 1.807) is 13.3 Å². The number of hydrogen-bond donors (Lipinski definition) is 2. The number of aromatic nitrogens is 1. The SMILES string of the molecule is COc1ncccc1C(CC1CC1)NN. The Balaban J connectivity index is 2.15. The maximum Gasteiger partial charge on any atom is 0.217 e. The van der Waals surface area contributed by atoms with Crippen LogP contribution in [-0.2, 0) is 0 Å². The predicted molar refractivity (Wildman–Crippen MR) is 58.2 cm³/mol. The lowest BCUT2D eigenvalue weighted by molar-refractivity contribution is 0.377. The molecule has 1 aliphatic rings. The van der Waals surface area contributed by atoms with E-state index in [4.69, 9.17) is 10.6 Å². The summed E-state index contributed by atoms with van der Waals surface area (Å²) in [6.45, 7) is 0. The van der Waals surface area contributed by atoms with Crippen LogP contribution in [0.3, 0.4) is 0 Å². The van der Waals surface area contributed by atoms with Gasteiger partial charge in [-0.2, -0.15) is 0 Å². The van der Waals surface area contributed by atoms with Crippen molar-refractivity contribution < 1.29 is 4.74 Å². The quantitative estimate of drug-likeness (QED) is 0.566. The van der Waals surface area contributed by atoms with E-state index in [2.05, 4.69) is 10.4 Å². The Morgan fingerprint density at radius 3 is 3.07 bits per heavy atom. The zero-order chi connectivity index (χ0) is 10.7. The molecule has 2 rings (SSSR count). The van der Waals surface area contributed by atoms with Gasteiger partial charge in [-0.3, -0.25) is 11.3 Å². The fourth-order valence-corrected chi connectivity index (χ4v) is 1.81. The predicted octanol–water partition coefficient (Wildman–Crippen LogP) is 1.39. The average molecular weight is 207 g/mol. The van der Waals surface area contributed by atoms with Crippen LogP contribution >= 0.6 is 0 Å². The van der Waals surface area contributed by atoms with Crippen LogP contribution in [0.5, 0.6) is 5.88 Å². The third-order valence-corrected chi connectivity index (χ3v) is 2.84. The number of pyridine rings is 1. The molecule has 1 unspecified atom stereocenters. The second kappa shape index (κ2) is 4.59. The Kier molecular flexibility index (Phi) is 3.18. The van der Waals surface area contributed by atoms with Crippen molar-refractivity contribution in [1.29, 1.82) is 0 Å². The van der Waals surface area contributed by atoms with Gasteiger partial charge in [0.05, 0.1) is 13.2 Å². The molecule has 4 heteroatoms. The first kappa shape index (κ1) is 10.4. The van der Waals surface area contributed by atoms with E-state index in [-0.39, 0.29) is 6.04 Å². The number of nitrogens with zero attached hydrogens (tertiary/aromatic N) is 1. The smallest absolute Gasteiger partial charge is 0.217 e. The number of rotatable bonds is 5. The fourth-order valence-electron chi connectivity index (χ4n) is 1.81. The molecule has 0 radical (unpaired) electrons. The van der Waals surface area contributed by atoms with Gasteiger partial charge in [0.2, 0.25) is 5.88 Å². The Morgan fingerprint density at radius 2 is 2.47 bits per heavy atom. The van der Waals surface area contributed by atoms with Crippen molar-refractivity contribution in [2.24, 2.45) is 11.8 Å². The van der Waals surface area contributed by atoms with Gasteiger partial charge < -0.3 is 4.74 Å². The van der Waals surface area contributed by atoms with Gasteiger partial charge in [0.1, 0.15) is 0 Å². The third-order valence-electron chi connectivity index (χ3n) is 2.84. The second-order valence-corrected chi connectivity index (χ2v) is 4.00. The summed E-state index contributed by atoms with van der Waals surface area (Å²) in [5.41, 5.74) is 3.89. The van der Waals surface area contributed by atoms with E-state index in [9.17, 15) is 0 Å². The monoisotopic (exact) mass is 207 g/mol. The van der Waals surface area contributed by atoms with Crippen molar-refractivity contribution >= 4 is 0 Å². The highest BCUT2D eigenvalue weighted by Crippen LogP contribution is 2.38. The summed E-state index contributed by atoms with van der Waals surface area (Å²) in [5, 5.41) is 0. The van der Waals surface area contributed by atoms with Crippen LogP contribution in [0.25, 0.3) is 0 Å². The summed E-state index contributed by atoms with van der Waals surface area (Å²) >= 11 is 0. The molecule has 0 bridgehead atoms. The third kappa shape index (κ3) is 2.46. The Hall–Kier alpha value is -1.13. The highest BCUT2D eigenvalue weighted by molar-refractivity contribution is 5.28. The van der Waals surface area contributed by atoms with Gasteiger partial charge in [0, 0.05) is 11.8 Å². The summed E-state index contributed by atoms with van der Waals surface area (Å²) in [6.07, 6.45) is 5.44. The highest BCUT2D eigenvalue weighted by atomic mass is 16.5. The van der Waals surface area contributed by atoms with E-state index >= 15 is 0 Å². The van der Waals surface area contributed by atoms with Crippen LogP contribution in [0, 0.1) is 5.92 Å². The van der Waals surface area contributed by atoms with Crippen LogP contribution in [0.1, 0.15) is 30.9 Å². The molecule has 0 spiro atoms. The van der Waals surface area contributed by atoms with Gasteiger partial charge in [0.15, 0.2) is 0 Å². The molecule has 4 nitrogen and oxygen atoms in total. The lowest BCUT2D eigenvalue weighted by Crippen LogP contribution is -2.28. The van der Waals surface area contributed by atoms with Crippen molar-refractivity contribution in [2.45, 2.75) is 25.3 Å². The van der Waals surface area contributed by atoms with Crippen molar-refractivity contribution in [1.82, 2.24) is 10.4 Å². The summed E-state index contributed by atoms with van der Waals surface area (Å²) in [4.78, 5) is 4.18. The largest absolute Gasteiger partial charge is 0.481 e. The molecule has 1 aliphatic carbocycles. The molecule has 1 heterocycles. The molecule has 0 saturated heterocycles. The Morgan fingerprint density at radius 1 is 1.67 bits per heavy atom. The molecule has 1 fully saturated rings. The molecule has 0 aromatic carbocycles. The van der Waals surface area contributed by atoms with Crippen LogP contribution in [0.15, 0.2) is 18.3 Å². The number of nitrogens with two attached hydrogens (primary N) is 1. The fraction of sp³-hybridized carbons (Fsp3) is 0.545. The van der Waals surface area contributed by atoms with Gasteiger partial charge in [0.25, 0.3) is 0 Å². The number of hydrogen-bond acceptors (Lipinski definition) is 4. The maximum absolute atomic E-state index is 5.57. The lowest BCUT2D eigenvalue weighted by atomic mass is 10.0.